The fourth-order valence-electron chi connectivity index (χ4n) is 1.56. The van der Waals surface area contributed by atoms with Crippen molar-refractivity contribution in [2.75, 3.05) is 6.54 Å². The molecule has 1 heterocycles. The molecule has 8 heteroatoms. The van der Waals surface area contributed by atoms with Gasteiger partial charge in [-0.1, -0.05) is 0 Å². The Kier molecular flexibility index (Phi) is 4.90. The summed E-state index contributed by atoms with van der Waals surface area (Å²) in [7, 11) is -3.70. The van der Waals surface area contributed by atoms with Crippen molar-refractivity contribution < 1.29 is 12.8 Å². The van der Waals surface area contributed by atoms with Crippen LogP contribution in [0.15, 0.2) is 32.9 Å². The number of halogens is 2. The molecule has 2 aromatic rings. The van der Waals surface area contributed by atoms with E-state index in [1.165, 1.54) is 23.5 Å². The predicted octanol–water partition coefficient (Wildman–Crippen LogP) is 2.87. The molecule has 1 aromatic heterocycles. The zero-order valence-corrected chi connectivity index (χ0v) is 13.8. The Hall–Kier alpha value is -0.830. The first-order valence-electron chi connectivity index (χ1n) is 5.74. The summed E-state index contributed by atoms with van der Waals surface area (Å²) in [6.45, 7) is 2.12. The lowest BCUT2D eigenvalue weighted by molar-refractivity contribution is 0.576. The normalized spacial score (nSPS) is 11.8. The first-order chi connectivity index (χ1) is 9.38. The topological polar surface area (TPSA) is 59.1 Å². The van der Waals surface area contributed by atoms with Crippen molar-refractivity contribution in [3.63, 3.8) is 0 Å². The highest BCUT2D eigenvalue weighted by atomic mass is 79.9. The molecule has 0 aliphatic carbocycles. The van der Waals surface area contributed by atoms with Crippen LogP contribution in [0.5, 0.6) is 0 Å². The second-order valence-corrected chi connectivity index (χ2v) is 7.77. The highest BCUT2D eigenvalue weighted by Gasteiger charge is 2.15. The van der Waals surface area contributed by atoms with Crippen molar-refractivity contribution >= 4 is 37.3 Å². The van der Waals surface area contributed by atoms with Crippen LogP contribution < -0.4 is 4.72 Å². The zero-order chi connectivity index (χ0) is 14.8. The van der Waals surface area contributed by atoms with E-state index in [0.717, 1.165) is 16.8 Å². The molecule has 0 unspecified atom stereocenters. The van der Waals surface area contributed by atoms with Crippen molar-refractivity contribution in [3.05, 3.63) is 44.6 Å². The molecule has 0 fully saturated rings. The van der Waals surface area contributed by atoms with Crippen molar-refractivity contribution in [1.82, 2.24) is 9.71 Å². The monoisotopic (exact) mass is 378 g/mol. The van der Waals surface area contributed by atoms with Crippen LogP contribution in [-0.4, -0.2) is 19.9 Å². The Labute approximate surface area is 129 Å². The molecule has 108 valence electrons. The van der Waals surface area contributed by atoms with Crippen LogP contribution in [0.25, 0.3) is 0 Å². The van der Waals surface area contributed by atoms with Crippen molar-refractivity contribution in [2.45, 2.75) is 18.2 Å². The first-order valence-corrected chi connectivity index (χ1v) is 8.90. The molecule has 4 nitrogen and oxygen atoms in total. The lowest BCUT2D eigenvalue weighted by atomic mass is 10.3. The highest BCUT2D eigenvalue weighted by molar-refractivity contribution is 9.10. The lowest BCUT2D eigenvalue weighted by Gasteiger charge is -2.06. The van der Waals surface area contributed by atoms with Crippen LogP contribution in [0.4, 0.5) is 4.39 Å². The summed E-state index contributed by atoms with van der Waals surface area (Å²) >= 11 is 4.50. The Bertz CT molecular complexity index is 716. The third-order valence-electron chi connectivity index (χ3n) is 2.54. The van der Waals surface area contributed by atoms with E-state index in [1.807, 2.05) is 12.3 Å². The Morgan fingerprint density at radius 1 is 1.45 bits per heavy atom. The number of benzene rings is 1. The number of thiazole rings is 1. The maximum atomic E-state index is 13.4. The molecular weight excluding hydrogens is 367 g/mol. The van der Waals surface area contributed by atoms with E-state index in [4.69, 9.17) is 0 Å². The van der Waals surface area contributed by atoms with Crippen LogP contribution in [-0.2, 0) is 16.4 Å². The molecule has 0 spiro atoms. The second-order valence-electron chi connectivity index (χ2n) is 4.08. The molecule has 1 N–H and O–H groups in total. The molecule has 2 rings (SSSR count). The third-order valence-corrected chi connectivity index (χ3v) is 5.47. The molecule has 0 aliphatic rings. The molecule has 0 saturated carbocycles. The van der Waals surface area contributed by atoms with Gasteiger partial charge in [-0.3, -0.25) is 0 Å². The molecule has 0 aliphatic heterocycles. The molecule has 0 saturated heterocycles. The third kappa shape index (κ3) is 3.85. The van der Waals surface area contributed by atoms with Crippen LogP contribution >= 0.6 is 27.3 Å². The number of hydrogen-bond acceptors (Lipinski definition) is 4. The van der Waals surface area contributed by atoms with E-state index < -0.39 is 15.8 Å². The number of hydrogen-bond donors (Lipinski definition) is 1. The molecule has 0 atom stereocenters. The lowest BCUT2D eigenvalue weighted by Crippen LogP contribution is -2.26. The molecule has 1 aromatic carbocycles. The number of aromatic nitrogens is 1. The molecule has 0 bridgehead atoms. The number of nitrogens with one attached hydrogen (secondary N) is 1. The molecule has 0 radical (unpaired) electrons. The minimum absolute atomic E-state index is 0.0901. The predicted molar refractivity (Wildman–Crippen MR) is 79.8 cm³/mol. The van der Waals surface area contributed by atoms with Gasteiger partial charge in [0.2, 0.25) is 10.0 Å². The Balaban J connectivity index is 2.02. The van der Waals surface area contributed by atoms with Crippen molar-refractivity contribution in [3.8, 4) is 0 Å². The highest BCUT2D eigenvalue weighted by Crippen LogP contribution is 2.19. The fourth-order valence-corrected chi connectivity index (χ4v) is 3.50. The number of aryl methyl sites for hydroxylation is 1. The van der Waals surface area contributed by atoms with Crippen LogP contribution in [0.1, 0.15) is 10.7 Å². The summed E-state index contributed by atoms with van der Waals surface area (Å²) in [6.07, 6.45) is 0.503. The zero-order valence-electron chi connectivity index (χ0n) is 10.6. The maximum absolute atomic E-state index is 13.4. The summed E-state index contributed by atoms with van der Waals surface area (Å²) in [6, 6.07) is 3.70. The van der Waals surface area contributed by atoms with Gasteiger partial charge < -0.3 is 0 Å². The van der Waals surface area contributed by atoms with Gasteiger partial charge in [-0.25, -0.2) is 22.5 Å². The van der Waals surface area contributed by atoms with Crippen LogP contribution in [0.3, 0.4) is 0 Å². The van der Waals surface area contributed by atoms with Gasteiger partial charge >= 0.3 is 0 Å². The van der Waals surface area contributed by atoms with Crippen LogP contribution in [0, 0.1) is 12.7 Å². The van der Waals surface area contributed by atoms with Gasteiger partial charge in [-0.15, -0.1) is 11.3 Å². The smallest absolute Gasteiger partial charge is 0.240 e. The van der Waals surface area contributed by atoms with E-state index in [0.29, 0.717) is 6.42 Å². The summed E-state index contributed by atoms with van der Waals surface area (Å²) in [5.41, 5.74) is 0.845. The minimum Gasteiger partial charge on any atom is -0.247 e. The van der Waals surface area contributed by atoms with Crippen LogP contribution in [0.2, 0.25) is 0 Å². The first kappa shape index (κ1) is 15.6. The molecule has 20 heavy (non-hydrogen) atoms. The minimum atomic E-state index is -3.70. The van der Waals surface area contributed by atoms with Gasteiger partial charge in [0, 0.05) is 18.3 Å². The van der Waals surface area contributed by atoms with Gasteiger partial charge in [0.1, 0.15) is 5.82 Å². The Morgan fingerprint density at radius 2 is 2.20 bits per heavy atom. The van der Waals surface area contributed by atoms with E-state index in [9.17, 15) is 12.8 Å². The van der Waals surface area contributed by atoms with Gasteiger partial charge in [0.15, 0.2) is 0 Å². The molecule has 0 amide bonds. The standard InChI is InChI=1S/C12H12BrFN2O2S2/c1-8-16-9(7-19-8)4-5-15-20(17,18)10-2-3-11(13)12(14)6-10/h2-3,6-7,15H,4-5H2,1H3. The van der Waals surface area contributed by atoms with Gasteiger partial charge in [0.05, 0.1) is 20.1 Å². The second kappa shape index (κ2) is 6.30. The van der Waals surface area contributed by atoms with E-state index in [2.05, 4.69) is 25.6 Å². The fraction of sp³-hybridized carbons (Fsp3) is 0.250. The van der Waals surface area contributed by atoms with E-state index in [1.54, 1.807) is 0 Å². The van der Waals surface area contributed by atoms with E-state index >= 15 is 0 Å². The molecular formula is C12H12BrFN2O2S2. The Morgan fingerprint density at radius 3 is 2.80 bits per heavy atom. The number of nitrogens with zero attached hydrogens (tertiary/aromatic N) is 1. The summed E-state index contributed by atoms with van der Waals surface area (Å²) in [5, 5.41) is 2.83. The van der Waals surface area contributed by atoms with Gasteiger partial charge in [0.25, 0.3) is 0 Å². The van der Waals surface area contributed by atoms with E-state index in [-0.39, 0.29) is 15.9 Å². The average Bonchev–Trinajstić information content (AvgIpc) is 2.78. The maximum Gasteiger partial charge on any atom is 0.240 e. The van der Waals surface area contributed by atoms with Crippen molar-refractivity contribution in [1.29, 1.82) is 0 Å². The van der Waals surface area contributed by atoms with Crippen molar-refractivity contribution in [2.24, 2.45) is 0 Å². The summed E-state index contributed by atoms with van der Waals surface area (Å²) < 4.78 is 40.0. The number of rotatable bonds is 5. The van der Waals surface area contributed by atoms with Gasteiger partial charge in [-0.2, -0.15) is 0 Å². The largest absolute Gasteiger partial charge is 0.247 e. The SMILES string of the molecule is Cc1nc(CCNS(=O)(=O)c2ccc(Br)c(F)c2)cs1. The quantitative estimate of drug-likeness (QED) is 0.869. The summed E-state index contributed by atoms with van der Waals surface area (Å²) in [4.78, 5) is 4.16. The average molecular weight is 379 g/mol. The van der Waals surface area contributed by atoms with Gasteiger partial charge in [-0.05, 0) is 41.1 Å². The number of sulfonamides is 1. The summed E-state index contributed by atoms with van der Waals surface area (Å²) in [5.74, 6) is -0.608.